The van der Waals surface area contributed by atoms with Crippen molar-refractivity contribution in [3.8, 4) is 0 Å². The lowest BCUT2D eigenvalue weighted by Crippen LogP contribution is -2.26. The molecule has 3 rings (SSSR count). The fourth-order valence-corrected chi connectivity index (χ4v) is 3.00. The van der Waals surface area contributed by atoms with Crippen LogP contribution in [0.1, 0.15) is 36.1 Å². The maximum absolute atomic E-state index is 4.66. The van der Waals surface area contributed by atoms with Crippen LogP contribution >= 0.6 is 0 Å². The smallest absolute Gasteiger partial charge is 0.0547 e. The number of nitrogens with zero attached hydrogens (tertiary/aromatic N) is 3. The predicted molar refractivity (Wildman–Crippen MR) is 89.3 cm³/mol. The van der Waals surface area contributed by atoms with Crippen molar-refractivity contribution >= 4 is 0 Å². The number of hydrogen-bond acceptors (Lipinski definition) is 3. The van der Waals surface area contributed by atoms with Crippen LogP contribution in [-0.4, -0.2) is 21.4 Å². The van der Waals surface area contributed by atoms with E-state index in [0.717, 1.165) is 54.2 Å². The summed E-state index contributed by atoms with van der Waals surface area (Å²) in [6, 6.07) is 12.6. The Balaban J connectivity index is 1.71. The van der Waals surface area contributed by atoms with Crippen molar-refractivity contribution in [3.05, 3.63) is 59.2 Å². The van der Waals surface area contributed by atoms with E-state index < -0.39 is 0 Å². The maximum atomic E-state index is 4.66. The summed E-state index contributed by atoms with van der Waals surface area (Å²) in [6.45, 7) is 9.41. The first-order chi connectivity index (χ1) is 10.6. The average molecular weight is 295 g/mol. The Morgan fingerprint density at radius 1 is 0.955 bits per heavy atom. The van der Waals surface area contributed by atoms with Gasteiger partial charge in [0.2, 0.25) is 0 Å². The summed E-state index contributed by atoms with van der Waals surface area (Å²) in [7, 11) is 0. The van der Waals surface area contributed by atoms with Crippen molar-refractivity contribution in [2.75, 3.05) is 6.54 Å². The SMILES string of the molecule is Cc1cccc(CN(Cc2cccc(C)n2)C[C@@H]2C[C@@H]2C)n1. The Bertz CT molecular complexity index is 591. The van der Waals surface area contributed by atoms with Gasteiger partial charge in [-0.05, 0) is 56.4 Å². The van der Waals surface area contributed by atoms with Crippen LogP contribution in [0.5, 0.6) is 0 Å². The molecule has 1 fully saturated rings. The summed E-state index contributed by atoms with van der Waals surface area (Å²) in [6.07, 6.45) is 1.36. The maximum Gasteiger partial charge on any atom is 0.0547 e. The molecule has 0 saturated heterocycles. The van der Waals surface area contributed by atoms with Gasteiger partial charge in [-0.1, -0.05) is 19.1 Å². The van der Waals surface area contributed by atoms with Crippen molar-refractivity contribution in [3.63, 3.8) is 0 Å². The van der Waals surface area contributed by atoms with Crippen molar-refractivity contribution in [1.82, 2.24) is 14.9 Å². The molecule has 1 aliphatic carbocycles. The van der Waals surface area contributed by atoms with Crippen LogP contribution in [-0.2, 0) is 13.1 Å². The van der Waals surface area contributed by atoms with Crippen molar-refractivity contribution in [2.24, 2.45) is 11.8 Å². The van der Waals surface area contributed by atoms with Gasteiger partial charge in [0, 0.05) is 31.0 Å². The van der Waals surface area contributed by atoms with Gasteiger partial charge in [0.1, 0.15) is 0 Å². The van der Waals surface area contributed by atoms with Gasteiger partial charge in [-0.25, -0.2) is 0 Å². The summed E-state index contributed by atoms with van der Waals surface area (Å²) in [5.41, 5.74) is 4.48. The van der Waals surface area contributed by atoms with Gasteiger partial charge >= 0.3 is 0 Å². The molecule has 0 radical (unpaired) electrons. The quantitative estimate of drug-likeness (QED) is 0.812. The van der Waals surface area contributed by atoms with E-state index in [2.05, 4.69) is 72.0 Å². The van der Waals surface area contributed by atoms with Crippen molar-refractivity contribution in [2.45, 2.75) is 40.3 Å². The molecular weight excluding hydrogens is 270 g/mol. The zero-order chi connectivity index (χ0) is 15.5. The fourth-order valence-electron chi connectivity index (χ4n) is 3.00. The molecular formula is C19H25N3. The minimum Gasteiger partial charge on any atom is -0.291 e. The highest BCUT2D eigenvalue weighted by atomic mass is 15.1. The van der Waals surface area contributed by atoms with Crippen LogP contribution in [0.15, 0.2) is 36.4 Å². The van der Waals surface area contributed by atoms with E-state index in [0.29, 0.717) is 0 Å². The fraction of sp³-hybridized carbons (Fsp3) is 0.474. The summed E-state index contributed by atoms with van der Waals surface area (Å²) in [4.78, 5) is 11.8. The highest BCUT2D eigenvalue weighted by Crippen LogP contribution is 2.38. The van der Waals surface area contributed by atoms with Gasteiger partial charge in [-0.2, -0.15) is 0 Å². The van der Waals surface area contributed by atoms with Crippen LogP contribution in [0.25, 0.3) is 0 Å². The molecule has 0 spiro atoms. The standard InChI is InChI=1S/C19H25N3/c1-14-10-17(14)11-22(12-18-8-4-6-15(2)20-18)13-19-9-5-7-16(3)21-19/h4-9,14,17H,10-13H2,1-3H3/t14-,17-/m0/s1. The number of pyridine rings is 2. The zero-order valence-corrected chi connectivity index (χ0v) is 13.8. The van der Waals surface area contributed by atoms with Gasteiger partial charge in [-0.15, -0.1) is 0 Å². The van der Waals surface area contributed by atoms with E-state index >= 15 is 0 Å². The Morgan fingerprint density at radius 2 is 1.45 bits per heavy atom. The molecule has 1 aliphatic rings. The number of aryl methyl sites for hydroxylation is 2. The number of aromatic nitrogens is 2. The number of hydrogen-bond donors (Lipinski definition) is 0. The second-order valence-corrected chi connectivity index (χ2v) is 6.68. The largest absolute Gasteiger partial charge is 0.291 e. The first-order valence-electron chi connectivity index (χ1n) is 8.17. The molecule has 0 amide bonds. The highest BCUT2D eigenvalue weighted by molar-refractivity contribution is 5.12. The van der Waals surface area contributed by atoms with E-state index in [4.69, 9.17) is 0 Å². The second kappa shape index (κ2) is 6.57. The Kier molecular flexibility index (Phi) is 4.53. The molecule has 2 aromatic rings. The first-order valence-corrected chi connectivity index (χ1v) is 8.17. The highest BCUT2D eigenvalue weighted by Gasteiger charge is 2.34. The van der Waals surface area contributed by atoms with Gasteiger partial charge in [0.15, 0.2) is 0 Å². The lowest BCUT2D eigenvalue weighted by Gasteiger charge is -2.22. The minimum atomic E-state index is 0.842. The van der Waals surface area contributed by atoms with E-state index in [9.17, 15) is 0 Å². The monoisotopic (exact) mass is 295 g/mol. The van der Waals surface area contributed by atoms with Gasteiger partial charge in [-0.3, -0.25) is 14.9 Å². The molecule has 0 aromatic carbocycles. The topological polar surface area (TPSA) is 29.0 Å². The van der Waals surface area contributed by atoms with Crippen molar-refractivity contribution in [1.29, 1.82) is 0 Å². The summed E-state index contributed by atoms with van der Waals surface area (Å²) >= 11 is 0. The minimum absolute atomic E-state index is 0.842. The van der Waals surface area contributed by atoms with Crippen LogP contribution in [0, 0.1) is 25.7 Å². The molecule has 3 nitrogen and oxygen atoms in total. The Labute approximate surface area is 133 Å². The Hall–Kier alpha value is -1.74. The summed E-state index contributed by atoms with van der Waals surface area (Å²) < 4.78 is 0. The molecule has 0 N–H and O–H groups in total. The van der Waals surface area contributed by atoms with E-state index in [1.165, 1.54) is 6.42 Å². The molecule has 0 aliphatic heterocycles. The number of rotatable bonds is 6. The van der Waals surface area contributed by atoms with E-state index in [1.54, 1.807) is 0 Å². The van der Waals surface area contributed by atoms with Gasteiger partial charge < -0.3 is 0 Å². The first kappa shape index (κ1) is 15.2. The third-order valence-electron chi connectivity index (χ3n) is 4.43. The van der Waals surface area contributed by atoms with E-state index in [-0.39, 0.29) is 0 Å². The second-order valence-electron chi connectivity index (χ2n) is 6.68. The molecule has 1 saturated carbocycles. The summed E-state index contributed by atoms with van der Waals surface area (Å²) in [5.74, 6) is 1.72. The van der Waals surface area contributed by atoms with Gasteiger partial charge in [0.05, 0.1) is 11.4 Å². The van der Waals surface area contributed by atoms with Crippen LogP contribution in [0.3, 0.4) is 0 Å². The molecule has 0 unspecified atom stereocenters. The lowest BCUT2D eigenvalue weighted by atomic mass is 10.2. The van der Waals surface area contributed by atoms with Gasteiger partial charge in [0.25, 0.3) is 0 Å². The summed E-state index contributed by atoms with van der Waals surface area (Å²) in [5, 5.41) is 0. The van der Waals surface area contributed by atoms with Crippen molar-refractivity contribution < 1.29 is 0 Å². The van der Waals surface area contributed by atoms with Crippen LogP contribution in [0.4, 0.5) is 0 Å². The molecule has 2 atom stereocenters. The zero-order valence-electron chi connectivity index (χ0n) is 13.8. The normalized spacial score (nSPS) is 20.4. The third kappa shape index (κ3) is 4.14. The van der Waals surface area contributed by atoms with Crippen LogP contribution < -0.4 is 0 Å². The molecule has 2 heterocycles. The molecule has 116 valence electrons. The van der Waals surface area contributed by atoms with E-state index in [1.807, 2.05) is 0 Å². The lowest BCUT2D eigenvalue weighted by molar-refractivity contribution is 0.236. The molecule has 22 heavy (non-hydrogen) atoms. The molecule has 2 aromatic heterocycles. The molecule has 0 bridgehead atoms. The third-order valence-corrected chi connectivity index (χ3v) is 4.43. The Morgan fingerprint density at radius 3 is 1.86 bits per heavy atom. The van der Waals surface area contributed by atoms with Crippen LogP contribution in [0.2, 0.25) is 0 Å². The average Bonchev–Trinajstić information content (AvgIpc) is 3.14. The predicted octanol–water partition coefficient (Wildman–Crippen LogP) is 3.75. The molecule has 3 heteroatoms.